The van der Waals surface area contributed by atoms with E-state index >= 15 is 0 Å². The van der Waals surface area contributed by atoms with E-state index in [1.807, 2.05) is 0 Å². The van der Waals surface area contributed by atoms with Gasteiger partial charge in [0.25, 0.3) is 0 Å². The quantitative estimate of drug-likeness (QED) is 0.624. The number of hydrogen-bond acceptors (Lipinski definition) is 4. The molecule has 0 amide bonds. The van der Waals surface area contributed by atoms with Crippen molar-refractivity contribution in [1.82, 2.24) is 5.32 Å². The molecule has 1 aliphatic rings. The summed E-state index contributed by atoms with van der Waals surface area (Å²) in [5.41, 5.74) is 0. The summed E-state index contributed by atoms with van der Waals surface area (Å²) in [6.07, 6.45) is 2.24. The molecule has 1 heterocycles. The Morgan fingerprint density at radius 3 is 2.64 bits per heavy atom. The lowest BCUT2D eigenvalue weighted by atomic mass is 10.3. The summed E-state index contributed by atoms with van der Waals surface area (Å²) in [5, 5.41) is 3.15. The van der Waals surface area contributed by atoms with Crippen molar-refractivity contribution in [2.75, 3.05) is 31.3 Å². The Balaban J connectivity index is 1.86. The highest BCUT2D eigenvalue weighted by atomic mass is 32.2. The monoisotopic (exact) mass is 221 g/mol. The minimum atomic E-state index is -2.69. The number of ether oxygens (including phenoxy) is 1. The molecule has 0 atom stereocenters. The smallest absolute Gasteiger partial charge is 0.153 e. The molecular formula is C9H19NO3S. The summed E-state index contributed by atoms with van der Waals surface area (Å²) in [4.78, 5) is 0. The molecule has 84 valence electrons. The first-order valence-corrected chi connectivity index (χ1v) is 6.98. The highest BCUT2D eigenvalue weighted by molar-refractivity contribution is 7.92. The van der Waals surface area contributed by atoms with Gasteiger partial charge >= 0.3 is 0 Å². The number of rotatable bonds is 7. The molecule has 14 heavy (non-hydrogen) atoms. The molecule has 0 saturated carbocycles. The van der Waals surface area contributed by atoms with Crippen LogP contribution in [0.1, 0.15) is 19.8 Å². The highest BCUT2D eigenvalue weighted by Crippen LogP contribution is 2.09. The van der Waals surface area contributed by atoms with Crippen LogP contribution in [0.4, 0.5) is 0 Å². The summed E-state index contributed by atoms with van der Waals surface area (Å²) in [7, 11) is -2.69. The van der Waals surface area contributed by atoms with Crippen LogP contribution in [-0.2, 0) is 14.6 Å². The SMILES string of the molecule is CCCCOCCNC1CS(=O)(=O)C1. The normalized spacial score (nSPS) is 20.6. The predicted octanol–water partition coefficient (Wildman–Crippen LogP) is 0.190. The Morgan fingerprint density at radius 2 is 2.07 bits per heavy atom. The van der Waals surface area contributed by atoms with Gasteiger partial charge < -0.3 is 10.1 Å². The fraction of sp³-hybridized carbons (Fsp3) is 1.00. The number of unbranched alkanes of at least 4 members (excludes halogenated alkanes) is 1. The van der Waals surface area contributed by atoms with E-state index in [2.05, 4.69) is 12.2 Å². The third-order valence-electron chi connectivity index (χ3n) is 2.23. The average Bonchev–Trinajstić information content (AvgIpc) is 2.07. The molecule has 5 heteroatoms. The van der Waals surface area contributed by atoms with Gasteiger partial charge in [0.1, 0.15) is 0 Å². The van der Waals surface area contributed by atoms with Crippen LogP contribution in [0.2, 0.25) is 0 Å². The number of hydrogen-bond donors (Lipinski definition) is 1. The highest BCUT2D eigenvalue weighted by Gasteiger charge is 2.32. The zero-order valence-electron chi connectivity index (χ0n) is 8.66. The Bertz CT molecular complexity index is 239. The fourth-order valence-electron chi connectivity index (χ4n) is 1.37. The zero-order chi connectivity index (χ0) is 10.4. The van der Waals surface area contributed by atoms with Crippen LogP contribution in [0.25, 0.3) is 0 Å². The van der Waals surface area contributed by atoms with Gasteiger partial charge in [-0.1, -0.05) is 13.3 Å². The van der Waals surface area contributed by atoms with Crippen molar-refractivity contribution in [3.63, 3.8) is 0 Å². The standard InChI is InChI=1S/C9H19NO3S/c1-2-3-5-13-6-4-10-9-7-14(11,12)8-9/h9-10H,2-8H2,1H3. The molecule has 1 fully saturated rings. The van der Waals surface area contributed by atoms with Crippen molar-refractivity contribution in [3.8, 4) is 0 Å². The lowest BCUT2D eigenvalue weighted by Gasteiger charge is -2.26. The van der Waals surface area contributed by atoms with Crippen molar-refractivity contribution >= 4 is 9.84 Å². The van der Waals surface area contributed by atoms with Gasteiger partial charge in [-0.2, -0.15) is 0 Å². The van der Waals surface area contributed by atoms with E-state index in [0.29, 0.717) is 18.1 Å². The second kappa shape index (κ2) is 5.68. The summed E-state index contributed by atoms with van der Waals surface area (Å²) in [5.74, 6) is 0.587. The molecule has 0 aromatic heterocycles. The molecule has 0 bridgehead atoms. The van der Waals surface area contributed by atoms with Gasteiger partial charge in [0.2, 0.25) is 0 Å². The van der Waals surface area contributed by atoms with E-state index in [1.165, 1.54) is 0 Å². The lowest BCUT2D eigenvalue weighted by molar-refractivity contribution is 0.131. The number of nitrogens with one attached hydrogen (secondary N) is 1. The van der Waals surface area contributed by atoms with Gasteiger partial charge in [-0.25, -0.2) is 8.42 Å². The van der Waals surface area contributed by atoms with Gasteiger partial charge in [0, 0.05) is 19.2 Å². The second-order valence-electron chi connectivity index (χ2n) is 3.69. The van der Waals surface area contributed by atoms with Crippen molar-refractivity contribution < 1.29 is 13.2 Å². The average molecular weight is 221 g/mol. The minimum Gasteiger partial charge on any atom is -0.380 e. The molecule has 1 rings (SSSR count). The van der Waals surface area contributed by atoms with Crippen LogP contribution in [0.3, 0.4) is 0 Å². The van der Waals surface area contributed by atoms with Crippen molar-refractivity contribution in [2.24, 2.45) is 0 Å². The molecular weight excluding hydrogens is 202 g/mol. The van der Waals surface area contributed by atoms with Crippen LogP contribution >= 0.6 is 0 Å². The second-order valence-corrected chi connectivity index (χ2v) is 5.85. The summed E-state index contributed by atoms with van der Waals surface area (Å²) >= 11 is 0. The maximum atomic E-state index is 10.8. The molecule has 1 N–H and O–H groups in total. The summed E-state index contributed by atoms with van der Waals surface area (Å²) in [6.45, 7) is 4.36. The van der Waals surface area contributed by atoms with E-state index in [0.717, 1.165) is 26.0 Å². The van der Waals surface area contributed by atoms with E-state index in [4.69, 9.17) is 4.74 Å². The first-order valence-electron chi connectivity index (χ1n) is 5.15. The molecule has 1 aliphatic heterocycles. The Hall–Kier alpha value is -0.130. The topological polar surface area (TPSA) is 55.4 Å². The van der Waals surface area contributed by atoms with Gasteiger partial charge in [0.15, 0.2) is 9.84 Å². The molecule has 4 nitrogen and oxygen atoms in total. The van der Waals surface area contributed by atoms with Crippen LogP contribution in [0.15, 0.2) is 0 Å². The summed E-state index contributed by atoms with van der Waals surface area (Å²) in [6, 6.07) is 0.162. The molecule has 1 saturated heterocycles. The zero-order valence-corrected chi connectivity index (χ0v) is 9.48. The van der Waals surface area contributed by atoms with Crippen molar-refractivity contribution in [2.45, 2.75) is 25.8 Å². The number of sulfone groups is 1. The van der Waals surface area contributed by atoms with E-state index < -0.39 is 9.84 Å². The Kier molecular flexibility index (Phi) is 4.84. The van der Waals surface area contributed by atoms with Gasteiger partial charge in [0.05, 0.1) is 18.1 Å². The van der Waals surface area contributed by atoms with Crippen LogP contribution in [-0.4, -0.2) is 45.7 Å². The molecule has 0 aliphatic carbocycles. The third kappa shape index (κ3) is 4.39. The van der Waals surface area contributed by atoms with Crippen molar-refractivity contribution in [3.05, 3.63) is 0 Å². The first kappa shape index (κ1) is 11.9. The predicted molar refractivity (Wildman–Crippen MR) is 56.2 cm³/mol. The maximum absolute atomic E-state index is 10.8. The Labute approximate surface area is 85.9 Å². The van der Waals surface area contributed by atoms with E-state index in [1.54, 1.807) is 0 Å². The van der Waals surface area contributed by atoms with Crippen molar-refractivity contribution in [1.29, 1.82) is 0 Å². The van der Waals surface area contributed by atoms with Crippen LogP contribution < -0.4 is 5.32 Å². The fourth-order valence-corrected chi connectivity index (χ4v) is 2.73. The van der Waals surface area contributed by atoms with Crippen LogP contribution in [0, 0.1) is 0 Å². The Morgan fingerprint density at radius 1 is 1.36 bits per heavy atom. The lowest BCUT2D eigenvalue weighted by Crippen LogP contribution is -2.51. The minimum absolute atomic E-state index is 0.162. The summed E-state index contributed by atoms with van der Waals surface area (Å²) < 4.78 is 26.9. The van der Waals surface area contributed by atoms with Crippen LogP contribution in [0.5, 0.6) is 0 Å². The van der Waals surface area contributed by atoms with E-state index in [9.17, 15) is 8.42 Å². The van der Waals surface area contributed by atoms with Gasteiger partial charge in [-0.05, 0) is 6.42 Å². The molecule has 0 aromatic carbocycles. The third-order valence-corrected chi connectivity index (χ3v) is 4.05. The molecule has 0 spiro atoms. The van der Waals surface area contributed by atoms with Gasteiger partial charge in [-0.3, -0.25) is 0 Å². The molecule has 0 unspecified atom stereocenters. The molecule has 0 radical (unpaired) electrons. The first-order chi connectivity index (χ1) is 6.64. The largest absolute Gasteiger partial charge is 0.380 e. The van der Waals surface area contributed by atoms with E-state index in [-0.39, 0.29) is 6.04 Å². The molecule has 0 aromatic rings. The van der Waals surface area contributed by atoms with Gasteiger partial charge in [-0.15, -0.1) is 0 Å². The maximum Gasteiger partial charge on any atom is 0.153 e.